The molecule has 2 rings (SSSR count). The fraction of sp³-hybridized carbons (Fsp3) is 0.882. The zero-order valence-electron chi connectivity index (χ0n) is 14.1. The van der Waals surface area contributed by atoms with Gasteiger partial charge in [0, 0.05) is 6.04 Å². The van der Waals surface area contributed by atoms with Crippen LogP contribution in [0.1, 0.15) is 66.7 Å². The van der Waals surface area contributed by atoms with E-state index in [4.69, 9.17) is 0 Å². The second kappa shape index (κ2) is 5.98. The number of amides is 2. The van der Waals surface area contributed by atoms with Crippen molar-refractivity contribution in [2.24, 2.45) is 11.3 Å². The maximum absolute atomic E-state index is 12.9. The zero-order valence-corrected chi connectivity index (χ0v) is 14.1. The van der Waals surface area contributed by atoms with Gasteiger partial charge in [0.15, 0.2) is 0 Å². The topological polar surface area (TPSA) is 49.4 Å². The lowest BCUT2D eigenvalue weighted by atomic mass is 9.83. The number of carbonyl (C=O) groups excluding carboxylic acids is 2. The van der Waals surface area contributed by atoms with Crippen molar-refractivity contribution in [2.75, 3.05) is 0 Å². The first-order valence-corrected chi connectivity index (χ1v) is 8.34. The van der Waals surface area contributed by atoms with Crippen LogP contribution in [0.25, 0.3) is 0 Å². The molecule has 0 spiro atoms. The maximum atomic E-state index is 12.9. The Kier molecular flexibility index (Phi) is 4.64. The quantitative estimate of drug-likeness (QED) is 0.756. The predicted octanol–water partition coefficient (Wildman–Crippen LogP) is 2.72. The van der Waals surface area contributed by atoms with Crippen molar-refractivity contribution in [3.63, 3.8) is 0 Å². The monoisotopic (exact) mass is 294 g/mol. The first-order chi connectivity index (χ1) is 9.71. The van der Waals surface area contributed by atoms with Gasteiger partial charge in [-0.15, -0.1) is 0 Å². The molecule has 120 valence electrons. The van der Waals surface area contributed by atoms with E-state index in [0.29, 0.717) is 0 Å². The van der Waals surface area contributed by atoms with Gasteiger partial charge in [-0.3, -0.25) is 9.59 Å². The van der Waals surface area contributed by atoms with Crippen LogP contribution in [0.4, 0.5) is 0 Å². The molecule has 1 saturated heterocycles. The molecular formula is C17H30N2O2. The van der Waals surface area contributed by atoms with Gasteiger partial charge in [0.1, 0.15) is 12.1 Å². The minimum atomic E-state index is -0.401. The molecule has 0 radical (unpaired) electrons. The van der Waals surface area contributed by atoms with Crippen LogP contribution in [0.5, 0.6) is 0 Å². The SMILES string of the molecule is CC1CCCC(N2C(=O)C(C(C)(C)C)NC(=O)C2C)CC1. The van der Waals surface area contributed by atoms with Crippen molar-refractivity contribution in [1.82, 2.24) is 10.2 Å². The summed E-state index contributed by atoms with van der Waals surface area (Å²) < 4.78 is 0. The van der Waals surface area contributed by atoms with Gasteiger partial charge in [-0.1, -0.05) is 40.5 Å². The van der Waals surface area contributed by atoms with Gasteiger partial charge in [0.25, 0.3) is 0 Å². The molecule has 2 fully saturated rings. The summed E-state index contributed by atoms with van der Waals surface area (Å²) in [7, 11) is 0. The Hall–Kier alpha value is -1.06. The van der Waals surface area contributed by atoms with Gasteiger partial charge in [0.2, 0.25) is 11.8 Å². The zero-order chi connectivity index (χ0) is 15.8. The Bertz CT molecular complexity index is 414. The lowest BCUT2D eigenvalue weighted by Gasteiger charge is -2.45. The van der Waals surface area contributed by atoms with Gasteiger partial charge < -0.3 is 10.2 Å². The van der Waals surface area contributed by atoms with Crippen LogP contribution < -0.4 is 5.32 Å². The van der Waals surface area contributed by atoms with Crippen LogP contribution in [0.3, 0.4) is 0 Å². The Labute approximate surface area is 128 Å². The number of hydrogen-bond donors (Lipinski definition) is 1. The highest BCUT2D eigenvalue weighted by molar-refractivity contribution is 5.97. The van der Waals surface area contributed by atoms with Crippen molar-refractivity contribution < 1.29 is 9.59 Å². The first kappa shape index (κ1) is 16.3. The van der Waals surface area contributed by atoms with Crippen LogP contribution in [-0.2, 0) is 9.59 Å². The minimum absolute atomic E-state index is 0.00757. The van der Waals surface area contributed by atoms with E-state index in [0.717, 1.165) is 31.6 Å². The first-order valence-electron chi connectivity index (χ1n) is 8.34. The lowest BCUT2D eigenvalue weighted by molar-refractivity contribution is -0.154. The normalized spacial score (nSPS) is 35.4. The minimum Gasteiger partial charge on any atom is -0.342 e. The number of nitrogens with one attached hydrogen (secondary N) is 1. The summed E-state index contributed by atoms with van der Waals surface area (Å²) in [5, 5.41) is 2.92. The van der Waals surface area contributed by atoms with E-state index >= 15 is 0 Å². The molecule has 4 heteroatoms. The van der Waals surface area contributed by atoms with E-state index in [9.17, 15) is 9.59 Å². The second-order valence-corrected chi connectivity index (χ2v) is 8.00. The summed E-state index contributed by atoms with van der Waals surface area (Å²) in [6, 6.07) is -0.510. The Morgan fingerprint density at radius 1 is 1.05 bits per heavy atom. The largest absolute Gasteiger partial charge is 0.342 e. The van der Waals surface area contributed by atoms with Crippen molar-refractivity contribution in [3.8, 4) is 0 Å². The predicted molar refractivity (Wildman–Crippen MR) is 83.7 cm³/mol. The van der Waals surface area contributed by atoms with Crippen molar-refractivity contribution in [3.05, 3.63) is 0 Å². The molecule has 1 N–H and O–H groups in total. The molecule has 1 saturated carbocycles. The van der Waals surface area contributed by atoms with E-state index in [-0.39, 0.29) is 29.3 Å². The van der Waals surface area contributed by atoms with Gasteiger partial charge in [-0.2, -0.15) is 0 Å². The Balaban J connectivity index is 2.22. The molecule has 0 aromatic rings. The third-order valence-corrected chi connectivity index (χ3v) is 5.07. The molecule has 21 heavy (non-hydrogen) atoms. The second-order valence-electron chi connectivity index (χ2n) is 8.00. The molecule has 4 atom stereocenters. The molecule has 4 unspecified atom stereocenters. The average Bonchev–Trinajstić information content (AvgIpc) is 2.58. The molecular weight excluding hydrogens is 264 g/mol. The molecule has 0 aromatic carbocycles. The molecule has 2 amide bonds. The molecule has 0 bridgehead atoms. The van der Waals surface area contributed by atoms with E-state index in [1.165, 1.54) is 6.42 Å². The Morgan fingerprint density at radius 2 is 1.71 bits per heavy atom. The van der Waals surface area contributed by atoms with Gasteiger partial charge >= 0.3 is 0 Å². The molecule has 0 aromatic heterocycles. The third-order valence-electron chi connectivity index (χ3n) is 5.07. The molecule has 1 heterocycles. The summed E-state index contributed by atoms with van der Waals surface area (Å²) in [6.07, 6.45) is 5.61. The number of carbonyl (C=O) groups is 2. The molecule has 2 aliphatic rings. The highest BCUT2D eigenvalue weighted by atomic mass is 16.2. The number of nitrogens with zero attached hydrogens (tertiary/aromatic N) is 1. The Morgan fingerprint density at radius 3 is 2.33 bits per heavy atom. The van der Waals surface area contributed by atoms with Crippen molar-refractivity contribution >= 4 is 11.8 Å². The van der Waals surface area contributed by atoms with Gasteiger partial charge in [-0.25, -0.2) is 0 Å². The fourth-order valence-electron chi connectivity index (χ4n) is 3.62. The van der Waals surface area contributed by atoms with Crippen LogP contribution in [0.15, 0.2) is 0 Å². The van der Waals surface area contributed by atoms with Crippen LogP contribution in [0.2, 0.25) is 0 Å². The smallest absolute Gasteiger partial charge is 0.246 e. The van der Waals surface area contributed by atoms with Crippen molar-refractivity contribution in [2.45, 2.75) is 84.8 Å². The van der Waals surface area contributed by atoms with E-state index < -0.39 is 6.04 Å². The summed E-state index contributed by atoms with van der Waals surface area (Å²) in [6.45, 7) is 10.2. The number of hydrogen-bond acceptors (Lipinski definition) is 2. The lowest BCUT2D eigenvalue weighted by Crippen LogP contribution is -2.67. The number of piperazine rings is 1. The average molecular weight is 294 g/mol. The number of rotatable bonds is 1. The molecule has 1 aliphatic carbocycles. The third kappa shape index (κ3) is 3.41. The van der Waals surface area contributed by atoms with Crippen LogP contribution in [0, 0.1) is 11.3 Å². The fourth-order valence-corrected chi connectivity index (χ4v) is 3.62. The highest BCUT2D eigenvalue weighted by Crippen LogP contribution is 2.31. The van der Waals surface area contributed by atoms with E-state index in [1.54, 1.807) is 0 Å². The van der Waals surface area contributed by atoms with Gasteiger partial charge in [-0.05, 0) is 37.5 Å². The summed E-state index contributed by atoms with van der Waals surface area (Å²) >= 11 is 0. The standard InChI is InChI=1S/C17H30N2O2/c1-11-7-6-8-13(10-9-11)19-12(2)15(20)18-14(16(19)21)17(3,4)5/h11-14H,6-10H2,1-5H3,(H,18,20). The summed E-state index contributed by atoms with van der Waals surface area (Å²) in [5.41, 5.74) is -0.247. The molecule has 4 nitrogen and oxygen atoms in total. The van der Waals surface area contributed by atoms with E-state index in [1.807, 2.05) is 32.6 Å². The highest BCUT2D eigenvalue weighted by Gasteiger charge is 2.45. The summed E-state index contributed by atoms with van der Waals surface area (Å²) in [4.78, 5) is 27.1. The van der Waals surface area contributed by atoms with Crippen LogP contribution >= 0.6 is 0 Å². The summed E-state index contributed by atoms with van der Waals surface area (Å²) in [5.74, 6) is 0.832. The van der Waals surface area contributed by atoms with Gasteiger partial charge in [0.05, 0.1) is 0 Å². The maximum Gasteiger partial charge on any atom is 0.246 e. The van der Waals surface area contributed by atoms with E-state index in [2.05, 4.69) is 12.2 Å². The van der Waals surface area contributed by atoms with Crippen LogP contribution in [-0.4, -0.2) is 34.8 Å². The van der Waals surface area contributed by atoms with Crippen molar-refractivity contribution in [1.29, 1.82) is 0 Å². The molecule has 1 aliphatic heterocycles.